The molecule has 0 aromatic carbocycles. The molecule has 9 nitrogen and oxygen atoms in total. The zero-order valence-corrected chi connectivity index (χ0v) is 16.0. The van der Waals surface area contributed by atoms with Gasteiger partial charge in [0.2, 0.25) is 5.89 Å². The van der Waals surface area contributed by atoms with Crippen LogP contribution in [-0.4, -0.2) is 67.4 Å². The number of rotatable bonds is 3. The van der Waals surface area contributed by atoms with Crippen LogP contribution in [0.5, 0.6) is 0 Å². The second-order valence-electron chi connectivity index (χ2n) is 7.13. The molecule has 3 atom stereocenters. The summed E-state index contributed by atoms with van der Waals surface area (Å²) in [6.07, 6.45) is 1.26. The van der Waals surface area contributed by atoms with Gasteiger partial charge in [0.25, 0.3) is 0 Å². The lowest BCUT2D eigenvalue weighted by Crippen LogP contribution is -2.48. The summed E-state index contributed by atoms with van der Waals surface area (Å²) in [5, 5.41) is 15.3. The van der Waals surface area contributed by atoms with E-state index in [0.29, 0.717) is 11.9 Å². The number of hydrogen-bond acceptors (Lipinski definition) is 7. The number of hydrogen-bond donors (Lipinski definition) is 1. The maximum Gasteiger partial charge on any atom is 0.490 e. The molecule has 1 N–H and O–H groups in total. The lowest BCUT2D eigenvalue weighted by Gasteiger charge is -2.39. The topological polar surface area (TPSA) is 107 Å². The summed E-state index contributed by atoms with van der Waals surface area (Å²) in [6, 6.07) is 0.487. The van der Waals surface area contributed by atoms with E-state index in [1.54, 1.807) is 0 Å². The zero-order chi connectivity index (χ0) is 21.2. The van der Waals surface area contributed by atoms with Crippen LogP contribution in [0.2, 0.25) is 0 Å². The van der Waals surface area contributed by atoms with Gasteiger partial charge in [-0.15, -0.1) is 0 Å². The predicted molar refractivity (Wildman–Crippen MR) is 91.8 cm³/mol. The Morgan fingerprint density at radius 3 is 2.69 bits per heavy atom. The lowest BCUT2D eigenvalue weighted by molar-refractivity contribution is -0.192. The van der Waals surface area contributed by atoms with Crippen LogP contribution < -0.4 is 0 Å². The van der Waals surface area contributed by atoms with E-state index in [0.717, 1.165) is 38.4 Å². The summed E-state index contributed by atoms with van der Waals surface area (Å²) in [6.45, 7) is 4.52. The van der Waals surface area contributed by atoms with E-state index in [4.69, 9.17) is 19.2 Å². The summed E-state index contributed by atoms with van der Waals surface area (Å²) in [4.78, 5) is 15.8. The molecule has 2 saturated heterocycles. The van der Waals surface area contributed by atoms with Crippen molar-refractivity contribution in [2.24, 2.45) is 7.05 Å². The third kappa shape index (κ3) is 5.32. The molecule has 160 valence electrons. The van der Waals surface area contributed by atoms with Crippen LogP contribution in [0.4, 0.5) is 13.2 Å². The number of nitrogens with zero attached hydrogens (tertiary/aromatic N) is 5. The molecule has 12 heteroatoms. The first-order valence-electron chi connectivity index (χ1n) is 9.07. The van der Waals surface area contributed by atoms with E-state index in [2.05, 4.69) is 26.3 Å². The van der Waals surface area contributed by atoms with Crippen LogP contribution in [-0.2, 0) is 23.1 Å². The number of carbonyl (C=O) groups is 1. The van der Waals surface area contributed by atoms with Gasteiger partial charge in [0.05, 0.1) is 18.2 Å². The SMILES string of the molecule is Cc1noc([C@@H]2C[C@H]3OCC[C@H]3N(Cc3cnn(C)c3)C2)n1.O=C(O)C(F)(F)F. The highest BCUT2D eigenvalue weighted by atomic mass is 19.4. The Kier molecular flexibility index (Phi) is 6.22. The molecule has 0 radical (unpaired) electrons. The molecule has 2 aliphatic rings. The van der Waals surface area contributed by atoms with E-state index in [-0.39, 0.29) is 12.0 Å². The largest absolute Gasteiger partial charge is 0.490 e. The fourth-order valence-corrected chi connectivity index (χ4v) is 3.68. The van der Waals surface area contributed by atoms with Crippen molar-refractivity contribution in [2.45, 2.75) is 50.6 Å². The summed E-state index contributed by atoms with van der Waals surface area (Å²) < 4.78 is 44.9. The maximum atomic E-state index is 10.6. The average Bonchev–Trinajstić information content (AvgIpc) is 3.35. The Bertz CT molecular complexity index is 837. The van der Waals surface area contributed by atoms with Crippen molar-refractivity contribution in [3.05, 3.63) is 29.7 Å². The summed E-state index contributed by atoms with van der Waals surface area (Å²) in [5.74, 6) is -1.07. The number of aryl methyl sites for hydroxylation is 2. The van der Waals surface area contributed by atoms with Gasteiger partial charge in [0.15, 0.2) is 5.82 Å². The number of fused-ring (bicyclic) bond motifs is 1. The first-order valence-corrected chi connectivity index (χ1v) is 9.07. The Labute approximate surface area is 164 Å². The zero-order valence-electron chi connectivity index (χ0n) is 16.0. The van der Waals surface area contributed by atoms with Crippen molar-refractivity contribution in [2.75, 3.05) is 13.2 Å². The molecule has 0 saturated carbocycles. The normalized spacial score (nSPS) is 24.7. The molecule has 2 aromatic heterocycles. The van der Waals surface area contributed by atoms with Crippen LogP contribution in [0, 0.1) is 6.92 Å². The van der Waals surface area contributed by atoms with Gasteiger partial charge < -0.3 is 14.4 Å². The Hall–Kier alpha value is -2.47. The molecular formula is C17H22F3N5O4. The van der Waals surface area contributed by atoms with Crippen LogP contribution >= 0.6 is 0 Å². The molecule has 2 aliphatic heterocycles. The van der Waals surface area contributed by atoms with Crippen molar-refractivity contribution < 1.29 is 32.3 Å². The van der Waals surface area contributed by atoms with Crippen molar-refractivity contribution in [1.82, 2.24) is 24.8 Å². The highest BCUT2D eigenvalue weighted by molar-refractivity contribution is 5.73. The summed E-state index contributed by atoms with van der Waals surface area (Å²) >= 11 is 0. The van der Waals surface area contributed by atoms with Crippen molar-refractivity contribution in [3.63, 3.8) is 0 Å². The number of alkyl halides is 3. The Morgan fingerprint density at radius 1 is 1.41 bits per heavy atom. The quantitative estimate of drug-likeness (QED) is 0.807. The first-order chi connectivity index (χ1) is 13.6. The minimum atomic E-state index is -5.08. The number of likely N-dealkylation sites (tertiary alicyclic amines) is 1. The van der Waals surface area contributed by atoms with Gasteiger partial charge in [-0.3, -0.25) is 9.58 Å². The Balaban J connectivity index is 0.000000298. The highest BCUT2D eigenvalue weighted by Gasteiger charge is 2.42. The molecule has 29 heavy (non-hydrogen) atoms. The van der Waals surface area contributed by atoms with Gasteiger partial charge in [-0.05, 0) is 19.8 Å². The molecule has 4 rings (SSSR count). The van der Waals surface area contributed by atoms with E-state index < -0.39 is 12.1 Å². The van der Waals surface area contributed by atoms with E-state index in [1.165, 1.54) is 5.56 Å². The molecule has 2 aromatic rings. The van der Waals surface area contributed by atoms with E-state index in [9.17, 15) is 13.2 Å². The fourth-order valence-electron chi connectivity index (χ4n) is 3.68. The monoisotopic (exact) mass is 417 g/mol. The number of aliphatic carboxylic acids is 1. The molecule has 0 spiro atoms. The van der Waals surface area contributed by atoms with Gasteiger partial charge >= 0.3 is 12.1 Å². The third-order valence-corrected chi connectivity index (χ3v) is 4.89. The second-order valence-corrected chi connectivity index (χ2v) is 7.13. The third-order valence-electron chi connectivity index (χ3n) is 4.89. The predicted octanol–water partition coefficient (Wildman–Crippen LogP) is 1.89. The first kappa shape index (κ1) is 21.2. The van der Waals surface area contributed by atoms with Crippen LogP contribution in [0.1, 0.15) is 36.0 Å². The number of ether oxygens (including phenoxy) is 1. The van der Waals surface area contributed by atoms with Crippen LogP contribution in [0.3, 0.4) is 0 Å². The summed E-state index contributed by atoms with van der Waals surface area (Å²) in [5.41, 5.74) is 1.23. The summed E-state index contributed by atoms with van der Waals surface area (Å²) in [7, 11) is 1.95. The molecule has 0 amide bonds. The van der Waals surface area contributed by atoms with Crippen LogP contribution in [0.15, 0.2) is 16.9 Å². The molecule has 0 aliphatic carbocycles. The minimum absolute atomic E-state index is 0.247. The van der Waals surface area contributed by atoms with Crippen molar-refractivity contribution >= 4 is 5.97 Å². The number of carboxylic acid groups (broad SMARTS) is 1. The van der Waals surface area contributed by atoms with E-state index in [1.807, 2.05) is 24.9 Å². The number of carboxylic acids is 1. The minimum Gasteiger partial charge on any atom is -0.475 e. The van der Waals surface area contributed by atoms with Gasteiger partial charge in [-0.25, -0.2) is 4.79 Å². The number of piperidine rings is 1. The van der Waals surface area contributed by atoms with E-state index >= 15 is 0 Å². The van der Waals surface area contributed by atoms with Gasteiger partial charge in [-0.2, -0.15) is 23.3 Å². The molecule has 2 fully saturated rings. The van der Waals surface area contributed by atoms with Crippen molar-refractivity contribution in [3.8, 4) is 0 Å². The fraction of sp³-hybridized carbons (Fsp3) is 0.647. The standard InChI is InChI=1S/C15H21N5O2.C2HF3O2/c1-10-17-15(22-18-10)12-5-14-13(3-4-21-14)20(9-12)8-11-6-16-19(2)7-11;3-2(4,5)1(6)7/h6-7,12-14H,3-5,8-9H2,1-2H3;(H,6,7)/t12-,13-,14-;/m1./s1. The van der Waals surface area contributed by atoms with Crippen LogP contribution in [0.25, 0.3) is 0 Å². The van der Waals surface area contributed by atoms with Crippen molar-refractivity contribution in [1.29, 1.82) is 0 Å². The maximum absolute atomic E-state index is 10.6. The lowest BCUT2D eigenvalue weighted by atomic mass is 9.89. The molecule has 0 unspecified atom stereocenters. The molecule has 0 bridgehead atoms. The van der Waals surface area contributed by atoms with Gasteiger partial charge in [0.1, 0.15) is 0 Å². The number of halogens is 3. The molecular weight excluding hydrogens is 395 g/mol. The smallest absolute Gasteiger partial charge is 0.475 e. The highest BCUT2D eigenvalue weighted by Crippen LogP contribution is 2.36. The number of aromatic nitrogens is 4. The van der Waals surface area contributed by atoms with Gasteiger partial charge in [0, 0.05) is 44.5 Å². The van der Waals surface area contributed by atoms with Gasteiger partial charge in [-0.1, -0.05) is 5.16 Å². The second kappa shape index (κ2) is 8.49. The average molecular weight is 417 g/mol. The molecule has 4 heterocycles. The Morgan fingerprint density at radius 2 is 2.14 bits per heavy atom.